The van der Waals surface area contributed by atoms with Crippen LogP contribution < -0.4 is 14.2 Å². The van der Waals surface area contributed by atoms with Crippen LogP contribution >= 0.6 is 0 Å². The Labute approximate surface area is 184 Å². The Kier molecular flexibility index (Phi) is 4.28. The molecule has 0 saturated heterocycles. The molecule has 6 rings (SSSR count). The first-order valence-corrected chi connectivity index (χ1v) is 10.4. The third-order valence-electron chi connectivity index (χ3n) is 6.02. The van der Waals surface area contributed by atoms with Crippen molar-refractivity contribution in [3.8, 4) is 17.2 Å². The van der Waals surface area contributed by atoms with Gasteiger partial charge in [0.1, 0.15) is 5.75 Å². The lowest BCUT2D eigenvalue weighted by Crippen LogP contribution is -2.33. The Morgan fingerprint density at radius 2 is 1.81 bits per heavy atom. The lowest BCUT2D eigenvalue weighted by atomic mass is 9.95. The molecular formula is C25H20N2O5. The van der Waals surface area contributed by atoms with Crippen LogP contribution in [0.3, 0.4) is 0 Å². The molecule has 3 aromatic carbocycles. The van der Waals surface area contributed by atoms with Crippen LogP contribution in [0.25, 0.3) is 0 Å². The minimum absolute atomic E-state index is 0.0469. The number of nitrogens with zero attached hydrogens (tertiary/aromatic N) is 2. The summed E-state index contributed by atoms with van der Waals surface area (Å²) in [6.45, 7) is 0.241. The molecule has 0 radical (unpaired) electrons. The molecule has 3 aromatic rings. The Morgan fingerprint density at radius 1 is 1.00 bits per heavy atom. The molecule has 3 aliphatic heterocycles. The summed E-state index contributed by atoms with van der Waals surface area (Å²) in [5.41, 5.74) is 4.47. The minimum Gasteiger partial charge on any atom is -0.465 e. The summed E-state index contributed by atoms with van der Waals surface area (Å²) in [5.74, 6) is 1.97. The molecule has 2 atom stereocenters. The molecule has 0 unspecified atom stereocenters. The number of hydrogen-bond donors (Lipinski definition) is 0. The van der Waals surface area contributed by atoms with E-state index < -0.39 is 6.23 Å². The Bertz CT molecular complexity index is 1240. The maximum absolute atomic E-state index is 11.8. The van der Waals surface area contributed by atoms with Crippen molar-refractivity contribution in [1.29, 1.82) is 0 Å². The number of hydrogen-bond acceptors (Lipinski definition) is 7. The largest absolute Gasteiger partial charge is 0.465 e. The first-order valence-electron chi connectivity index (χ1n) is 10.4. The van der Waals surface area contributed by atoms with Crippen molar-refractivity contribution in [2.45, 2.75) is 18.7 Å². The molecule has 0 spiro atoms. The van der Waals surface area contributed by atoms with Gasteiger partial charge in [0.2, 0.25) is 13.0 Å². The van der Waals surface area contributed by atoms with Gasteiger partial charge in [-0.3, -0.25) is 0 Å². The highest BCUT2D eigenvalue weighted by molar-refractivity contribution is 6.02. The molecule has 3 heterocycles. The molecule has 0 saturated carbocycles. The topological polar surface area (TPSA) is 69.6 Å². The van der Waals surface area contributed by atoms with Gasteiger partial charge in [0.05, 0.1) is 24.4 Å². The van der Waals surface area contributed by atoms with E-state index in [0.717, 1.165) is 46.1 Å². The summed E-state index contributed by atoms with van der Waals surface area (Å²) >= 11 is 0. The van der Waals surface area contributed by atoms with E-state index in [0.29, 0.717) is 5.56 Å². The highest BCUT2D eigenvalue weighted by Gasteiger charge is 2.41. The van der Waals surface area contributed by atoms with Crippen LogP contribution in [0.5, 0.6) is 17.2 Å². The number of hydrazone groups is 1. The SMILES string of the molecule is COC(=O)c1ccc([C@H]2Oc3ccccc3[C@@H]3CC(c4ccc5c(c4)OCO5)=NN23)cc1. The molecular weight excluding hydrogens is 408 g/mol. The molecule has 7 nitrogen and oxygen atoms in total. The van der Waals surface area contributed by atoms with E-state index in [2.05, 4.69) is 6.07 Å². The maximum atomic E-state index is 11.8. The zero-order valence-corrected chi connectivity index (χ0v) is 17.4. The van der Waals surface area contributed by atoms with E-state index in [9.17, 15) is 4.79 Å². The van der Waals surface area contributed by atoms with Gasteiger partial charge < -0.3 is 18.9 Å². The molecule has 0 N–H and O–H groups in total. The first kappa shape index (κ1) is 18.7. The number of ether oxygens (including phenoxy) is 4. The summed E-state index contributed by atoms with van der Waals surface area (Å²) in [4.78, 5) is 11.8. The molecule has 0 fully saturated rings. The van der Waals surface area contributed by atoms with Gasteiger partial charge in [-0.25, -0.2) is 9.80 Å². The van der Waals surface area contributed by atoms with Gasteiger partial charge in [-0.2, -0.15) is 5.10 Å². The predicted octanol–water partition coefficient (Wildman–Crippen LogP) is 4.44. The summed E-state index contributed by atoms with van der Waals surface area (Å²) in [6, 6.07) is 21.3. The van der Waals surface area contributed by atoms with Crippen molar-refractivity contribution >= 4 is 11.7 Å². The predicted molar refractivity (Wildman–Crippen MR) is 116 cm³/mol. The number of rotatable bonds is 3. The minimum atomic E-state index is -0.409. The van der Waals surface area contributed by atoms with E-state index in [4.69, 9.17) is 24.0 Å². The van der Waals surface area contributed by atoms with E-state index in [-0.39, 0.29) is 18.8 Å². The highest BCUT2D eigenvalue weighted by atomic mass is 16.7. The van der Waals surface area contributed by atoms with Gasteiger partial charge in [-0.15, -0.1) is 0 Å². The zero-order valence-electron chi connectivity index (χ0n) is 17.4. The van der Waals surface area contributed by atoms with Crippen molar-refractivity contribution in [3.05, 3.63) is 89.0 Å². The Morgan fingerprint density at radius 3 is 2.66 bits per heavy atom. The van der Waals surface area contributed by atoms with E-state index in [1.807, 2.05) is 53.5 Å². The second kappa shape index (κ2) is 7.30. The van der Waals surface area contributed by atoms with Gasteiger partial charge in [0.15, 0.2) is 11.5 Å². The van der Waals surface area contributed by atoms with Crippen LogP contribution in [-0.2, 0) is 4.74 Å². The van der Waals surface area contributed by atoms with Gasteiger partial charge in [-0.05, 0) is 36.4 Å². The van der Waals surface area contributed by atoms with Crippen LogP contribution in [0.2, 0.25) is 0 Å². The number of para-hydroxylation sites is 1. The second-order valence-electron chi connectivity index (χ2n) is 7.84. The molecule has 0 amide bonds. The van der Waals surface area contributed by atoms with Crippen LogP contribution in [0, 0.1) is 0 Å². The number of methoxy groups -OCH3 is 1. The van der Waals surface area contributed by atoms with Crippen molar-refractivity contribution in [2.75, 3.05) is 13.9 Å². The Balaban J connectivity index is 1.39. The lowest BCUT2D eigenvalue weighted by molar-refractivity contribution is -0.0190. The maximum Gasteiger partial charge on any atom is 0.337 e. The molecule has 32 heavy (non-hydrogen) atoms. The summed E-state index contributed by atoms with van der Waals surface area (Å²) in [7, 11) is 1.37. The van der Waals surface area contributed by atoms with Gasteiger partial charge in [0.25, 0.3) is 0 Å². The summed E-state index contributed by atoms with van der Waals surface area (Å²) in [5, 5.41) is 6.98. The summed E-state index contributed by atoms with van der Waals surface area (Å²) < 4.78 is 22.2. The van der Waals surface area contributed by atoms with Crippen molar-refractivity contribution in [3.63, 3.8) is 0 Å². The first-order chi connectivity index (χ1) is 15.7. The van der Waals surface area contributed by atoms with Crippen molar-refractivity contribution in [2.24, 2.45) is 5.10 Å². The number of benzene rings is 3. The number of carbonyl (C=O) groups excluding carboxylic acids is 1. The van der Waals surface area contributed by atoms with Crippen LogP contribution in [0.1, 0.15) is 45.7 Å². The smallest absolute Gasteiger partial charge is 0.337 e. The number of esters is 1. The van der Waals surface area contributed by atoms with Crippen molar-refractivity contribution < 1.29 is 23.7 Å². The standard InChI is InChI=1S/C25H20N2O5/c1-29-25(28)16-8-6-15(7-9-16)24-27-20(18-4-2-3-5-21(18)32-24)13-19(26-27)17-10-11-22-23(12-17)31-14-30-22/h2-12,20,24H,13-14H2,1H3/t20-,24+/m0/s1. The highest BCUT2D eigenvalue weighted by Crippen LogP contribution is 2.47. The van der Waals surface area contributed by atoms with E-state index >= 15 is 0 Å². The molecule has 0 aromatic heterocycles. The van der Waals surface area contributed by atoms with Crippen LogP contribution in [0.15, 0.2) is 71.8 Å². The molecule has 0 aliphatic carbocycles. The van der Waals surface area contributed by atoms with Crippen LogP contribution in [0.4, 0.5) is 0 Å². The summed E-state index contributed by atoms with van der Waals surface area (Å²) in [6.07, 6.45) is 0.338. The molecule has 0 bridgehead atoms. The number of carbonyl (C=O) groups is 1. The normalized spacial score (nSPS) is 20.2. The van der Waals surface area contributed by atoms with Gasteiger partial charge in [-0.1, -0.05) is 30.3 Å². The van der Waals surface area contributed by atoms with Gasteiger partial charge in [0, 0.05) is 23.1 Å². The van der Waals surface area contributed by atoms with E-state index in [1.54, 1.807) is 12.1 Å². The fourth-order valence-corrected chi connectivity index (χ4v) is 4.41. The Hall–Kier alpha value is -4.00. The quantitative estimate of drug-likeness (QED) is 0.575. The average Bonchev–Trinajstić information content (AvgIpc) is 3.50. The van der Waals surface area contributed by atoms with Crippen LogP contribution in [-0.4, -0.2) is 30.6 Å². The third kappa shape index (κ3) is 2.97. The zero-order chi connectivity index (χ0) is 21.7. The monoisotopic (exact) mass is 428 g/mol. The van der Waals surface area contributed by atoms with Gasteiger partial charge >= 0.3 is 5.97 Å². The molecule has 3 aliphatic rings. The van der Waals surface area contributed by atoms with Crippen molar-refractivity contribution in [1.82, 2.24) is 5.01 Å². The van der Waals surface area contributed by atoms with E-state index in [1.165, 1.54) is 7.11 Å². The second-order valence-corrected chi connectivity index (χ2v) is 7.84. The fourth-order valence-electron chi connectivity index (χ4n) is 4.41. The lowest BCUT2D eigenvalue weighted by Gasteiger charge is -2.38. The number of fused-ring (bicyclic) bond motifs is 4. The molecule has 7 heteroatoms. The molecule has 160 valence electrons. The third-order valence-corrected chi connectivity index (χ3v) is 6.02. The average molecular weight is 428 g/mol. The fraction of sp³-hybridized carbons (Fsp3) is 0.200.